The van der Waals surface area contributed by atoms with Crippen LogP contribution in [0.1, 0.15) is 26.7 Å². The van der Waals surface area contributed by atoms with Gasteiger partial charge in [-0.1, -0.05) is 0 Å². The van der Waals surface area contributed by atoms with Crippen molar-refractivity contribution in [2.75, 3.05) is 20.6 Å². The van der Waals surface area contributed by atoms with Crippen LogP contribution in [0.25, 0.3) is 0 Å². The molecule has 7 heteroatoms. The number of carbonyl (C=O) groups is 1. The molecular formula is C11H22F3N3O. The molecule has 0 radical (unpaired) electrons. The molecule has 1 amide bonds. The predicted molar refractivity (Wildman–Crippen MR) is 64.0 cm³/mol. The molecular weight excluding hydrogens is 247 g/mol. The van der Waals surface area contributed by atoms with Crippen LogP contribution in [0.4, 0.5) is 13.2 Å². The van der Waals surface area contributed by atoms with Gasteiger partial charge in [0.05, 0.1) is 12.0 Å². The van der Waals surface area contributed by atoms with Gasteiger partial charge in [0.25, 0.3) is 0 Å². The number of carbonyl (C=O) groups excluding carboxylic acids is 1. The van der Waals surface area contributed by atoms with Crippen LogP contribution < -0.4 is 11.1 Å². The molecule has 0 saturated carbocycles. The highest BCUT2D eigenvalue weighted by molar-refractivity contribution is 5.84. The van der Waals surface area contributed by atoms with E-state index in [1.165, 1.54) is 0 Å². The number of alkyl halides is 3. The van der Waals surface area contributed by atoms with Crippen molar-refractivity contribution in [3.8, 4) is 0 Å². The lowest BCUT2D eigenvalue weighted by molar-refractivity contribution is -0.138. The topological polar surface area (TPSA) is 58.4 Å². The average Bonchev–Trinajstić information content (AvgIpc) is 2.24. The maximum absolute atomic E-state index is 12.1. The molecule has 3 N–H and O–H groups in total. The second-order valence-electron chi connectivity index (χ2n) is 4.85. The number of amides is 1. The third kappa shape index (κ3) is 5.68. The molecule has 18 heavy (non-hydrogen) atoms. The van der Waals surface area contributed by atoms with Crippen LogP contribution in [-0.4, -0.2) is 49.2 Å². The molecule has 0 rings (SSSR count). The molecule has 0 aliphatic rings. The Morgan fingerprint density at radius 2 is 1.94 bits per heavy atom. The van der Waals surface area contributed by atoms with Gasteiger partial charge >= 0.3 is 6.18 Å². The summed E-state index contributed by atoms with van der Waals surface area (Å²) >= 11 is 0. The lowest BCUT2D eigenvalue weighted by Gasteiger charge is -2.33. The molecule has 0 aromatic heterocycles. The van der Waals surface area contributed by atoms with Crippen LogP contribution in [0.15, 0.2) is 0 Å². The Morgan fingerprint density at radius 1 is 1.44 bits per heavy atom. The third-order valence-electron chi connectivity index (χ3n) is 3.30. The van der Waals surface area contributed by atoms with Gasteiger partial charge in [-0.15, -0.1) is 0 Å². The molecule has 0 spiro atoms. The fourth-order valence-electron chi connectivity index (χ4n) is 1.60. The standard InChI is InChI=1S/C11H22F3N3O/c1-8(7-10(2,16-3)9(15)18)17(4)6-5-11(12,13)14/h8,16H,5-7H2,1-4H3,(H2,15,18). The number of nitrogens with zero attached hydrogens (tertiary/aromatic N) is 1. The largest absolute Gasteiger partial charge is 0.390 e. The highest BCUT2D eigenvalue weighted by Crippen LogP contribution is 2.21. The number of hydrogen-bond acceptors (Lipinski definition) is 3. The van der Waals surface area contributed by atoms with Crippen LogP contribution in [0.3, 0.4) is 0 Å². The minimum Gasteiger partial charge on any atom is -0.368 e. The monoisotopic (exact) mass is 269 g/mol. The van der Waals surface area contributed by atoms with Gasteiger partial charge in [-0.3, -0.25) is 4.79 Å². The smallest absolute Gasteiger partial charge is 0.368 e. The first-order chi connectivity index (χ1) is 8.02. The average molecular weight is 269 g/mol. The van der Waals surface area contributed by atoms with E-state index in [-0.39, 0.29) is 12.6 Å². The molecule has 4 nitrogen and oxygen atoms in total. The first-order valence-corrected chi connectivity index (χ1v) is 5.77. The lowest BCUT2D eigenvalue weighted by atomic mass is 9.92. The van der Waals surface area contributed by atoms with E-state index in [4.69, 9.17) is 5.73 Å². The van der Waals surface area contributed by atoms with Gasteiger partial charge in [0.15, 0.2) is 0 Å². The summed E-state index contributed by atoms with van der Waals surface area (Å²) in [7, 11) is 3.21. The van der Waals surface area contributed by atoms with E-state index in [2.05, 4.69) is 5.32 Å². The van der Waals surface area contributed by atoms with Gasteiger partial charge in [-0.2, -0.15) is 13.2 Å². The number of rotatable bonds is 7. The van der Waals surface area contributed by atoms with Crippen molar-refractivity contribution in [3.05, 3.63) is 0 Å². The van der Waals surface area contributed by atoms with Gasteiger partial charge in [-0.05, 0) is 34.4 Å². The summed E-state index contributed by atoms with van der Waals surface area (Å²) in [5.74, 6) is -0.513. The second kappa shape index (κ2) is 6.38. The Labute approximate surface area is 106 Å². The SMILES string of the molecule is CNC(C)(CC(C)N(C)CCC(F)(F)F)C(N)=O. The van der Waals surface area contributed by atoms with E-state index in [0.29, 0.717) is 6.42 Å². The van der Waals surface area contributed by atoms with Crippen LogP contribution >= 0.6 is 0 Å². The third-order valence-corrected chi connectivity index (χ3v) is 3.30. The van der Waals surface area contributed by atoms with Crippen molar-refractivity contribution in [2.24, 2.45) is 5.73 Å². The normalized spacial score (nSPS) is 17.6. The Morgan fingerprint density at radius 3 is 2.28 bits per heavy atom. The Bertz CT molecular complexity index is 283. The van der Waals surface area contributed by atoms with Crippen LogP contribution in [0.5, 0.6) is 0 Å². The first-order valence-electron chi connectivity index (χ1n) is 5.77. The van der Waals surface area contributed by atoms with E-state index < -0.39 is 24.0 Å². The van der Waals surface area contributed by atoms with E-state index in [1.807, 2.05) is 0 Å². The van der Waals surface area contributed by atoms with E-state index in [0.717, 1.165) is 0 Å². The molecule has 0 aliphatic heterocycles. The Balaban J connectivity index is 4.39. The number of nitrogens with two attached hydrogens (primary N) is 1. The van der Waals surface area contributed by atoms with Crippen molar-refractivity contribution >= 4 is 5.91 Å². The summed E-state index contributed by atoms with van der Waals surface area (Å²) in [6.45, 7) is 3.32. The van der Waals surface area contributed by atoms with Crippen LogP contribution in [-0.2, 0) is 4.79 Å². The summed E-state index contributed by atoms with van der Waals surface area (Å²) in [5.41, 5.74) is 4.36. The number of hydrogen-bond donors (Lipinski definition) is 2. The van der Waals surface area contributed by atoms with Crippen LogP contribution in [0, 0.1) is 0 Å². The second-order valence-corrected chi connectivity index (χ2v) is 4.85. The van der Waals surface area contributed by atoms with Gasteiger partial charge in [0.2, 0.25) is 5.91 Å². The van der Waals surface area contributed by atoms with E-state index >= 15 is 0 Å². The highest BCUT2D eigenvalue weighted by atomic mass is 19.4. The minimum atomic E-state index is -4.16. The van der Waals surface area contributed by atoms with Crippen LogP contribution in [0.2, 0.25) is 0 Å². The fraction of sp³-hybridized carbons (Fsp3) is 0.909. The zero-order valence-corrected chi connectivity index (χ0v) is 11.3. The molecule has 0 heterocycles. The molecule has 2 unspecified atom stereocenters. The van der Waals surface area contributed by atoms with Crippen molar-refractivity contribution in [1.29, 1.82) is 0 Å². The lowest BCUT2D eigenvalue weighted by Crippen LogP contribution is -2.54. The molecule has 0 saturated heterocycles. The molecule has 0 aliphatic carbocycles. The van der Waals surface area contributed by atoms with Gasteiger partial charge in [0.1, 0.15) is 0 Å². The van der Waals surface area contributed by atoms with Crippen molar-refractivity contribution in [1.82, 2.24) is 10.2 Å². The molecule has 0 aromatic rings. The summed E-state index contributed by atoms with van der Waals surface area (Å²) in [6, 6.07) is -0.183. The minimum absolute atomic E-state index is 0.0940. The fourth-order valence-corrected chi connectivity index (χ4v) is 1.60. The van der Waals surface area contributed by atoms with Gasteiger partial charge in [0, 0.05) is 12.6 Å². The summed E-state index contributed by atoms with van der Waals surface area (Å²) in [4.78, 5) is 12.9. The summed E-state index contributed by atoms with van der Waals surface area (Å²) in [5, 5.41) is 2.81. The summed E-state index contributed by atoms with van der Waals surface area (Å²) < 4.78 is 36.3. The Hall–Kier alpha value is -0.820. The zero-order valence-electron chi connectivity index (χ0n) is 11.3. The van der Waals surface area contributed by atoms with E-state index in [9.17, 15) is 18.0 Å². The molecule has 0 aromatic carbocycles. The van der Waals surface area contributed by atoms with Crippen molar-refractivity contribution in [3.63, 3.8) is 0 Å². The maximum Gasteiger partial charge on any atom is 0.390 e. The molecule has 108 valence electrons. The van der Waals surface area contributed by atoms with Gasteiger partial charge < -0.3 is 16.0 Å². The molecule has 0 bridgehead atoms. The Kier molecular flexibility index (Phi) is 6.09. The first kappa shape index (κ1) is 17.2. The molecule has 2 atom stereocenters. The zero-order chi connectivity index (χ0) is 14.6. The van der Waals surface area contributed by atoms with E-state index in [1.54, 1.807) is 32.8 Å². The van der Waals surface area contributed by atoms with Crippen molar-refractivity contribution < 1.29 is 18.0 Å². The maximum atomic E-state index is 12.1. The predicted octanol–water partition coefficient (Wildman–Crippen LogP) is 1.11. The van der Waals surface area contributed by atoms with Crippen molar-refractivity contribution in [2.45, 2.75) is 44.4 Å². The van der Waals surface area contributed by atoms with Gasteiger partial charge in [-0.25, -0.2) is 0 Å². The number of likely N-dealkylation sites (N-methyl/N-ethyl adjacent to an activating group) is 1. The number of primary amides is 1. The number of nitrogens with one attached hydrogen (secondary N) is 1. The quantitative estimate of drug-likeness (QED) is 0.728. The summed E-state index contributed by atoms with van der Waals surface area (Å²) in [6.07, 6.45) is -4.67. The number of halogens is 3. The molecule has 0 fully saturated rings. The highest BCUT2D eigenvalue weighted by Gasteiger charge is 2.33.